The number of hydrogen-bond acceptors (Lipinski definition) is 9. The number of rotatable bonds is 5. The Morgan fingerprint density at radius 3 is 2.09 bits per heavy atom. The van der Waals surface area contributed by atoms with E-state index in [0.717, 1.165) is 12.1 Å². The number of nitro groups is 1. The van der Waals surface area contributed by atoms with Crippen LogP contribution in [0.3, 0.4) is 0 Å². The fourth-order valence-corrected chi connectivity index (χ4v) is 1.45. The molecule has 0 aliphatic heterocycles. The van der Waals surface area contributed by atoms with Crippen LogP contribution in [0.4, 0.5) is 11.4 Å². The van der Waals surface area contributed by atoms with Gasteiger partial charge < -0.3 is 15.2 Å². The van der Waals surface area contributed by atoms with Crippen LogP contribution in [0.1, 0.15) is 20.7 Å². The van der Waals surface area contributed by atoms with Gasteiger partial charge in [0.05, 0.1) is 10.5 Å². The first-order chi connectivity index (χ1) is 10.4. The number of ether oxygens (including phenoxy) is 2. The number of nitrogens with two attached hydrogens (primary N) is 1. The molecule has 112 valence electrons. The van der Waals surface area contributed by atoms with Gasteiger partial charge in [-0.15, -0.1) is 0 Å². The van der Waals surface area contributed by atoms with Crippen molar-refractivity contribution in [1.29, 1.82) is 10.5 Å². The molecule has 0 spiro atoms. The Balaban J connectivity index is 3.28. The number of anilines is 1. The highest BCUT2D eigenvalue weighted by molar-refractivity contribution is 6.01. The molecule has 0 radical (unpaired) electrons. The molecule has 1 rings (SSSR count). The molecule has 0 fully saturated rings. The predicted molar refractivity (Wildman–Crippen MR) is 69.3 cm³/mol. The van der Waals surface area contributed by atoms with Crippen LogP contribution in [0.15, 0.2) is 12.1 Å². The third-order valence-corrected chi connectivity index (χ3v) is 2.34. The van der Waals surface area contributed by atoms with Crippen molar-refractivity contribution in [2.75, 3.05) is 18.9 Å². The van der Waals surface area contributed by atoms with Gasteiger partial charge in [0.1, 0.15) is 17.7 Å². The monoisotopic (exact) mass is 304 g/mol. The molecule has 0 saturated carbocycles. The molecule has 2 N–H and O–H groups in total. The van der Waals surface area contributed by atoms with Crippen molar-refractivity contribution in [3.8, 4) is 12.1 Å². The number of nitrogens with zero attached hydrogens (tertiary/aromatic N) is 3. The number of nitrogen functional groups attached to an aromatic ring is 1. The number of nitro benzene ring substituents is 1. The van der Waals surface area contributed by atoms with Crippen molar-refractivity contribution >= 4 is 23.3 Å². The molecule has 22 heavy (non-hydrogen) atoms. The summed E-state index contributed by atoms with van der Waals surface area (Å²) < 4.78 is 8.97. The summed E-state index contributed by atoms with van der Waals surface area (Å²) in [5.74, 6) is -2.17. The van der Waals surface area contributed by atoms with Crippen LogP contribution in [0, 0.1) is 32.8 Å². The van der Waals surface area contributed by atoms with Crippen molar-refractivity contribution in [3.63, 3.8) is 0 Å². The second kappa shape index (κ2) is 7.21. The zero-order valence-corrected chi connectivity index (χ0v) is 10.9. The van der Waals surface area contributed by atoms with Gasteiger partial charge in [0.2, 0.25) is 0 Å². The molecule has 10 heteroatoms. The van der Waals surface area contributed by atoms with Gasteiger partial charge in [0, 0.05) is 11.8 Å². The van der Waals surface area contributed by atoms with E-state index in [1.807, 2.05) is 0 Å². The van der Waals surface area contributed by atoms with Crippen LogP contribution in [-0.2, 0) is 9.47 Å². The van der Waals surface area contributed by atoms with Crippen molar-refractivity contribution in [3.05, 3.63) is 33.4 Å². The Hall–Kier alpha value is -3.66. The second-order valence-corrected chi connectivity index (χ2v) is 3.68. The third-order valence-electron chi connectivity index (χ3n) is 2.34. The smallest absolute Gasteiger partial charge is 0.346 e. The molecule has 0 saturated heterocycles. The lowest BCUT2D eigenvalue weighted by molar-refractivity contribution is -0.385. The SMILES string of the molecule is N#CCOC(=O)c1cc([N+](=O)[O-])c(C(=O)OCC#N)cc1N. The Morgan fingerprint density at radius 1 is 1.14 bits per heavy atom. The van der Waals surface area contributed by atoms with Gasteiger partial charge in [0.25, 0.3) is 5.69 Å². The van der Waals surface area contributed by atoms with Gasteiger partial charge in [-0.2, -0.15) is 10.5 Å². The Morgan fingerprint density at radius 2 is 1.64 bits per heavy atom. The average molecular weight is 304 g/mol. The summed E-state index contributed by atoms with van der Waals surface area (Å²) in [6, 6.07) is 4.71. The number of benzene rings is 1. The number of nitriles is 2. The molecular formula is C12H8N4O6. The highest BCUT2D eigenvalue weighted by Crippen LogP contribution is 2.26. The summed E-state index contributed by atoms with van der Waals surface area (Å²) in [5, 5.41) is 27.6. The van der Waals surface area contributed by atoms with E-state index in [-0.39, 0.29) is 11.3 Å². The minimum Gasteiger partial charge on any atom is -0.447 e. The van der Waals surface area contributed by atoms with Crippen LogP contribution < -0.4 is 5.73 Å². The van der Waals surface area contributed by atoms with Gasteiger partial charge in [-0.3, -0.25) is 10.1 Å². The minimum absolute atomic E-state index is 0.266. The van der Waals surface area contributed by atoms with E-state index in [0.29, 0.717) is 0 Å². The van der Waals surface area contributed by atoms with Crippen molar-refractivity contribution < 1.29 is 24.0 Å². The van der Waals surface area contributed by atoms with Gasteiger partial charge in [0.15, 0.2) is 13.2 Å². The normalized spacial score (nSPS) is 9.18. The van der Waals surface area contributed by atoms with Gasteiger partial charge in [-0.05, 0) is 6.07 Å². The molecule has 0 aliphatic rings. The summed E-state index contributed by atoms with van der Waals surface area (Å²) in [6.07, 6.45) is 0. The largest absolute Gasteiger partial charge is 0.447 e. The van der Waals surface area contributed by atoms with E-state index < -0.39 is 41.3 Å². The fourth-order valence-electron chi connectivity index (χ4n) is 1.45. The first-order valence-corrected chi connectivity index (χ1v) is 5.58. The molecule has 0 heterocycles. The van der Waals surface area contributed by atoms with Crippen molar-refractivity contribution in [1.82, 2.24) is 0 Å². The predicted octanol–water partition coefficient (Wildman–Crippen LogP) is 0.538. The zero-order valence-electron chi connectivity index (χ0n) is 10.9. The third kappa shape index (κ3) is 3.68. The Kier molecular flexibility index (Phi) is 5.37. The van der Waals surface area contributed by atoms with Crippen LogP contribution in [0.25, 0.3) is 0 Å². The molecule has 10 nitrogen and oxygen atoms in total. The minimum atomic E-state index is -1.13. The lowest BCUT2D eigenvalue weighted by atomic mass is 10.1. The van der Waals surface area contributed by atoms with Crippen LogP contribution >= 0.6 is 0 Å². The standard InChI is InChI=1S/C12H8N4O6/c13-1-3-21-11(17)7-6-10(16(19)20)8(5-9(7)15)12(18)22-4-2-14/h5-6H,3-4,15H2. The van der Waals surface area contributed by atoms with Gasteiger partial charge in [-0.1, -0.05) is 0 Å². The van der Waals surface area contributed by atoms with E-state index in [1.54, 1.807) is 6.07 Å². The summed E-state index contributed by atoms with van der Waals surface area (Å²) in [5.41, 5.74) is 3.68. The number of carbonyl (C=O) groups excluding carboxylic acids is 2. The van der Waals surface area contributed by atoms with Crippen LogP contribution in [-0.4, -0.2) is 30.1 Å². The summed E-state index contributed by atoms with van der Waals surface area (Å²) >= 11 is 0. The maximum absolute atomic E-state index is 11.6. The second-order valence-electron chi connectivity index (χ2n) is 3.68. The Labute approximate surface area is 123 Å². The highest BCUT2D eigenvalue weighted by atomic mass is 16.6. The molecule has 0 bridgehead atoms. The highest BCUT2D eigenvalue weighted by Gasteiger charge is 2.26. The molecule has 0 unspecified atom stereocenters. The van der Waals surface area contributed by atoms with E-state index >= 15 is 0 Å². The maximum atomic E-state index is 11.6. The Bertz CT molecular complexity index is 716. The maximum Gasteiger partial charge on any atom is 0.346 e. The quantitative estimate of drug-likeness (QED) is 0.352. The molecule has 1 aromatic rings. The van der Waals surface area contributed by atoms with Crippen molar-refractivity contribution in [2.24, 2.45) is 0 Å². The molecule has 0 aliphatic carbocycles. The molecular weight excluding hydrogens is 296 g/mol. The first kappa shape index (κ1) is 16.4. The molecule has 0 atom stereocenters. The number of hydrogen-bond donors (Lipinski definition) is 1. The van der Waals surface area contributed by atoms with Gasteiger partial charge >= 0.3 is 11.9 Å². The van der Waals surface area contributed by atoms with E-state index in [9.17, 15) is 19.7 Å². The van der Waals surface area contributed by atoms with Gasteiger partial charge in [-0.25, -0.2) is 9.59 Å². The molecule has 0 aromatic heterocycles. The van der Waals surface area contributed by atoms with Crippen molar-refractivity contribution in [2.45, 2.75) is 0 Å². The lowest BCUT2D eigenvalue weighted by Crippen LogP contribution is -2.13. The summed E-state index contributed by atoms with van der Waals surface area (Å²) in [6.45, 7) is -1.15. The van der Waals surface area contributed by atoms with Crippen LogP contribution in [0.5, 0.6) is 0 Å². The van der Waals surface area contributed by atoms with E-state index in [1.165, 1.54) is 6.07 Å². The number of esters is 2. The molecule has 0 amide bonds. The summed E-state index contributed by atoms with van der Waals surface area (Å²) in [7, 11) is 0. The summed E-state index contributed by atoms with van der Waals surface area (Å²) in [4.78, 5) is 33.3. The van der Waals surface area contributed by atoms with E-state index in [2.05, 4.69) is 9.47 Å². The van der Waals surface area contributed by atoms with E-state index in [4.69, 9.17) is 16.3 Å². The fraction of sp³-hybridized carbons (Fsp3) is 0.167. The zero-order chi connectivity index (χ0) is 16.7. The van der Waals surface area contributed by atoms with Crippen LogP contribution in [0.2, 0.25) is 0 Å². The number of carbonyl (C=O) groups is 2. The lowest BCUT2D eigenvalue weighted by Gasteiger charge is -2.08. The molecule has 1 aromatic carbocycles. The topological polar surface area (TPSA) is 169 Å². The average Bonchev–Trinajstić information content (AvgIpc) is 2.49. The first-order valence-electron chi connectivity index (χ1n) is 5.58.